The van der Waals surface area contributed by atoms with Crippen molar-refractivity contribution in [3.63, 3.8) is 0 Å². The lowest BCUT2D eigenvalue weighted by Crippen LogP contribution is -2.43. The van der Waals surface area contributed by atoms with Gasteiger partial charge in [-0.2, -0.15) is 5.26 Å². The quantitative estimate of drug-likeness (QED) is 0.750. The highest BCUT2D eigenvalue weighted by Gasteiger charge is 2.46. The zero-order valence-electron chi connectivity index (χ0n) is 10.2. The summed E-state index contributed by atoms with van der Waals surface area (Å²) in [5, 5.41) is 9.15. The van der Waals surface area contributed by atoms with E-state index in [2.05, 4.69) is 6.07 Å². The van der Waals surface area contributed by atoms with Crippen LogP contribution in [-0.4, -0.2) is 29.8 Å². The maximum Gasteiger partial charge on any atom is 0.181 e. The minimum absolute atomic E-state index is 0.0870. The van der Waals surface area contributed by atoms with Gasteiger partial charge in [-0.25, -0.2) is 0 Å². The summed E-state index contributed by atoms with van der Waals surface area (Å²) in [5.41, 5.74) is 1.74. The van der Waals surface area contributed by atoms with Crippen molar-refractivity contribution in [2.24, 2.45) is 5.92 Å². The third-order valence-electron chi connectivity index (χ3n) is 3.98. The summed E-state index contributed by atoms with van der Waals surface area (Å²) < 4.78 is 0. The fraction of sp³-hybridized carbons (Fsp3) is 0.333. The Morgan fingerprint density at radius 2 is 2.06 bits per heavy atom. The monoisotopic (exact) mass is 238 g/mol. The van der Waals surface area contributed by atoms with E-state index in [1.807, 2.05) is 48.4 Å². The first-order chi connectivity index (χ1) is 8.72. The summed E-state index contributed by atoms with van der Waals surface area (Å²) in [6.45, 7) is 0. The van der Waals surface area contributed by atoms with Crippen LogP contribution in [0.5, 0.6) is 0 Å². The fourth-order valence-electron chi connectivity index (χ4n) is 3.01. The fourth-order valence-corrected chi connectivity index (χ4v) is 3.01. The summed E-state index contributed by atoms with van der Waals surface area (Å²) in [6.07, 6.45) is 2.78. The summed E-state index contributed by atoms with van der Waals surface area (Å²) in [5.74, 6) is -0.0889. The van der Waals surface area contributed by atoms with Crippen molar-refractivity contribution in [3.05, 3.63) is 42.0 Å². The molecule has 2 aliphatic heterocycles. The van der Waals surface area contributed by atoms with Crippen LogP contribution in [0, 0.1) is 17.2 Å². The Kier molecular flexibility index (Phi) is 2.53. The number of hydrogen-bond donors (Lipinski definition) is 0. The van der Waals surface area contributed by atoms with E-state index in [4.69, 9.17) is 5.26 Å². The third kappa shape index (κ3) is 1.50. The topological polar surface area (TPSA) is 44.1 Å². The van der Waals surface area contributed by atoms with E-state index in [0.29, 0.717) is 0 Å². The average Bonchev–Trinajstić information content (AvgIpc) is 2.63. The molecule has 0 saturated carbocycles. The first-order valence-electron chi connectivity index (χ1n) is 6.15. The molecular formula is C15H14N2O. The number of nitriles is 1. The molecule has 1 saturated heterocycles. The van der Waals surface area contributed by atoms with Gasteiger partial charge in [-0.1, -0.05) is 36.4 Å². The number of likely N-dealkylation sites (N-methyl/N-ethyl adjacent to an activating group) is 1. The van der Waals surface area contributed by atoms with Gasteiger partial charge in [-0.3, -0.25) is 9.69 Å². The normalized spacial score (nSPS) is 31.0. The number of carbonyl (C=O) groups excluding carboxylic acids is 1. The van der Waals surface area contributed by atoms with Crippen LogP contribution in [-0.2, 0) is 4.79 Å². The van der Waals surface area contributed by atoms with E-state index in [1.165, 1.54) is 0 Å². The number of fused-ring (bicyclic) bond motifs is 2. The number of benzene rings is 1. The molecule has 18 heavy (non-hydrogen) atoms. The Morgan fingerprint density at radius 3 is 2.72 bits per heavy atom. The number of ketones is 1. The van der Waals surface area contributed by atoms with Gasteiger partial charge in [0.2, 0.25) is 0 Å². The van der Waals surface area contributed by atoms with Crippen LogP contribution in [0.15, 0.2) is 36.4 Å². The second-order valence-corrected chi connectivity index (χ2v) is 4.96. The summed E-state index contributed by atoms with van der Waals surface area (Å²) in [4.78, 5) is 14.5. The van der Waals surface area contributed by atoms with E-state index in [0.717, 1.165) is 17.6 Å². The van der Waals surface area contributed by atoms with Gasteiger partial charge in [0.1, 0.15) is 0 Å². The van der Waals surface area contributed by atoms with Crippen LogP contribution in [0.25, 0.3) is 5.57 Å². The van der Waals surface area contributed by atoms with Gasteiger partial charge < -0.3 is 0 Å². The number of nitrogens with zero attached hydrogens (tertiary/aromatic N) is 2. The zero-order valence-corrected chi connectivity index (χ0v) is 10.2. The molecule has 0 spiro atoms. The van der Waals surface area contributed by atoms with Gasteiger partial charge in [0.15, 0.2) is 5.78 Å². The lowest BCUT2D eigenvalue weighted by molar-refractivity contribution is -0.118. The highest BCUT2D eigenvalue weighted by atomic mass is 16.1. The number of rotatable bonds is 1. The maximum absolute atomic E-state index is 12.5. The van der Waals surface area contributed by atoms with Crippen LogP contribution in [0.4, 0.5) is 0 Å². The number of carbonyl (C=O) groups is 1. The Bertz CT molecular complexity index is 556. The molecule has 3 atom stereocenters. The van der Waals surface area contributed by atoms with Crippen molar-refractivity contribution in [2.75, 3.05) is 7.05 Å². The minimum Gasteiger partial charge on any atom is -0.292 e. The van der Waals surface area contributed by atoms with Crippen LogP contribution < -0.4 is 0 Å². The van der Waals surface area contributed by atoms with E-state index in [1.54, 1.807) is 0 Å². The lowest BCUT2D eigenvalue weighted by Gasteiger charge is -2.29. The molecule has 0 unspecified atom stereocenters. The Hall–Kier alpha value is -1.92. The van der Waals surface area contributed by atoms with Crippen LogP contribution in [0.2, 0.25) is 0 Å². The Labute approximate surface area is 106 Å². The van der Waals surface area contributed by atoms with Crippen molar-refractivity contribution in [1.29, 1.82) is 5.26 Å². The number of Topliss-reactive ketones (excluding diaryl/α,β-unsaturated/α-hetero) is 1. The molecule has 3 nitrogen and oxygen atoms in total. The average molecular weight is 238 g/mol. The summed E-state index contributed by atoms with van der Waals surface area (Å²) in [6, 6.07) is 11.9. The van der Waals surface area contributed by atoms with E-state index < -0.39 is 0 Å². The SMILES string of the molecule is CN1[C@@H]2C=C(c3ccccc3)C(=O)[C@H]1[C@H](C#N)C2. The van der Waals surface area contributed by atoms with Crippen LogP contribution in [0.3, 0.4) is 0 Å². The molecule has 2 heterocycles. The molecular weight excluding hydrogens is 224 g/mol. The smallest absolute Gasteiger partial charge is 0.181 e. The van der Waals surface area contributed by atoms with Crippen molar-refractivity contribution >= 4 is 11.4 Å². The molecule has 3 heteroatoms. The van der Waals surface area contributed by atoms with Crippen LogP contribution >= 0.6 is 0 Å². The maximum atomic E-state index is 12.5. The van der Waals surface area contributed by atoms with E-state index in [-0.39, 0.29) is 23.8 Å². The second-order valence-electron chi connectivity index (χ2n) is 4.96. The second kappa shape index (κ2) is 4.08. The van der Waals surface area contributed by atoms with Gasteiger partial charge >= 0.3 is 0 Å². The van der Waals surface area contributed by atoms with Gasteiger partial charge in [0.05, 0.1) is 18.0 Å². The molecule has 1 aromatic carbocycles. The lowest BCUT2D eigenvalue weighted by atomic mass is 9.91. The summed E-state index contributed by atoms with van der Waals surface area (Å²) in [7, 11) is 1.93. The molecule has 2 aliphatic rings. The van der Waals surface area contributed by atoms with Crippen molar-refractivity contribution in [1.82, 2.24) is 4.90 Å². The molecule has 0 N–H and O–H groups in total. The van der Waals surface area contributed by atoms with E-state index in [9.17, 15) is 4.79 Å². The number of hydrogen-bond acceptors (Lipinski definition) is 3. The predicted octanol–water partition coefficient (Wildman–Crippen LogP) is 1.87. The molecule has 3 rings (SSSR count). The molecule has 0 amide bonds. The molecule has 0 aromatic heterocycles. The Balaban J connectivity index is 2.04. The van der Waals surface area contributed by atoms with Crippen molar-refractivity contribution in [2.45, 2.75) is 18.5 Å². The third-order valence-corrected chi connectivity index (χ3v) is 3.98. The minimum atomic E-state index is -0.264. The van der Waals surface area contributed by atoms with Gasteiger partial charge in [-0.15, -0.1) is 0 Å². The van der Waals surface area contributed by atoms with Gasteiger partial charge in [0, 0.05) is 11.6 Å². The summed E-state index contributed by atoms with van der Waals surface area (Å²) >= 11 is 0. The van der Waals surface area contributed by atoms with Gasteiger partial charge in [-0.05, 0) is 19.0 Å². The highest BCUT2D eigenvalue weighted by Crippen LogP contribution is 2.38. The molecule has 2 bridgehead atoms. The Morgan fingerprint density at radius 1 is 1.33 bits per heavy atom. The molecule has 0 aliphatic carbocycles. The molecule has 1 aromatic rings. The predicted molar refractivity (Wildman–Crippen MR) is 68.5 cm³/mol. The van der Waals surface area contributed by atoms with Gasteiger partial charge in [0.25, 0.3) is 0 Å². The first-order valence-corrected chi connectivity index (χ1v) is 6.15. The van der Waals surface area contributed by atoms with Crippen LogP contribution in [0.1, 0.15) is 12.0 Å². The molecule has 1 fully saturated rings. The highest BCUT2D eigenvalue weighted by molar-refractivity contribution is 6.24. The van der Waals surface area contributed by atoms with Crippen molar-refractivity contribution in [3.8, 4) is 6.07 Å². The molecule has 0 radical (unpaired) electrons. The van der Waals surface area contributed by atoms with Crippen molar-refractivity contribution < 1.29 is 4.79 Å². The zero-order chi connectivity index (χ0) is 12.7. The van der Waals surface area contributed by atoms with E-state index >= 15 is 0 Å². The largest absolute Gasteiger partial charge is 0.292 e. The standard InChI is InChI=1S/C15H14N2O/c1-17-12-7-11(9-16)14(17)15(18)13(8-12)10-5-3-2-4-6-10/h2-6,8,11-12,14H,7H2,1H3/t11-,12-,14+/m0/s1. The first kappa shape index (κ1) is 11.2. The molecule has 90 valence electrons.